The minimum absolute atomic E-state index is 0. The zero-order chi connectivity index (χ0) is 14.4. The summed E-state index contributed by atoms with van der Waals surface area (Å²) in [6.45, 7) is 1.66. The quantitative estimate of drug-likeness (QED) is 0.918. The second-order valence-electron chi connectivity index (χ2n) is 6.27. The van der Waals surface area contributed by atoms with E-state index >= 15 is 0 Å². The molecule has 0 bridgehead atoms. The Kier molecular flexibility index (Phi) is 4.10. The molecule has 1 saturated heterocycles. The van der Waals surface area contributed by atoms with E-state index < -0.39 is 0 Å². The van der Waals surface area contributed by atoms with E-state index in [1.807, 2.05) is 29.2 Å². The molecule has 118 valence electrons. The van der Waals surface area contributed by atoms with Crippen molar-refractivity contribution >= 4 is 29.3 Å². The molecule has 1 aliphatic carbocycles. The fraction of sp³-hybridized carbons (Fsp3) is 0.500. The Morgan fingerprint density at radius 1 is 1.32 bits per heavy atom. The lowest BCUT2D eigenvalue weighted by Crippen LogP contribution is -2.34. The highest BCUT2D eigenvalue weighted by atomic mass is 35.5. The van der Waals surface area contributed by atoms with Crippen LogP contribution in [0.4, 0.5) is 0 Å². The molecule has 2 heterocycles. The van der Waals surface area contributed by atoms with Crippen molar-refractivity contribution in [2.45, 2.75) is 25.3 Å². The predicted molar refractivity (Wildman–Crippen MR) is 85.7 cm³/mol. The van der Waals surface area contributed by atoms with Crippen molar-refractivity contribution in [2.75, 3.05) is 13.1 Å². The molecule has 2 aromatic rings. The molecule has 1 aromatic heterocycles. The van der Waals surface area contributed by atoms with Crippen molar-refractivity contribution in [3.05, 3.63) is 30.0 Å². The molecule has 1 aromatic carbocycles. The smallest absolute Gasteiger partial charge is 0.228 e. The van der Waals surface area contributed by atoms with E-state index in [0.29, 0.717) is 18.3 Å². The normalized spacial score (nSPS) is 27.0. The summed E-state index contributed by atoms with van der Waals surface area (Å²) in [6.07, 6.45) is 2.57. The maximum atomic E-state index is 12.5. The highest BCUT2D eigenvalue weighted by Gasteiger charge is 2.42. The third-order valence-corrected chi connectivity index (χ3v) is 5.04. The van der Waals surface area contributed by atoms with E-state index in [0.717, 1.165) is 42.6 Å². The molecule has 2 N–H and O–H groups in total. The summed E-state index contributed by atoms with van der Waals surface area (Å²) in [4.78, 5) is 14.5. The van der Waals surface area contributed by atoms with Gasteiger partial charge in [-0.15, -0.1) is 12.4 Å². The highest BCUT2D eigenvalue weighted by molar-refractivity contribution is 5.86. The number of likely N-dealkylation sites (tertiary alicyclic amines) is 1. The summed E-state index contributed by atoms with van der Waals surface area (Å²) in [5.41, 5.74) is 7.60. The summed E-state index contributed by atoms with van der Waals surface area (Å²) >= 11 is 0. The van der Waals surface area contributed by atoms with Crippen LogP contribution in [-0.4, -0.2) is 35.1 Å². The number of carbonyl (C=O) groups excluding carboxylic acids is 1. The Labute approximate surface area is 135 Å². The number of nitrogens with zero attached hydrogens (tertiary/aromatic N) is 2. The minimum atomic E-state index is 0. The Morgan fingerprint density at radius 2 is 2.14 bits per heavy atom. The van der Waals surface area contributed by atoms with Crippen LogP contribution >= 0.6 is 12.4 Å². The van der Waals surface area contributed by atoms with E-state index in [1.54, 1.807) is 0 Å². The van der Waals surface area contributed by atoms with Crippen LogP contribution in [-0.2, 0) is 11.2 Å². The first kappa shape index (κ1) is 15.3. The summed E-state index contributed by atoms with van der Waals surface area (Å²) in [5, 5.41) is 4.98. The molecular formula is C16H20ClN3O2. The van der Waals surface area contributed by atoms with Crippen LogP contribution in [0.15, 0.2) is 28.8 Å². The average molecular weight is 322 g/mol. The first-order valence-electron chi connectivity index (χ1n) is 7.59. The van der Waals surface area contributed by atoms with Crippen molar-refractivity contribution in [1.29, 1.82) is 0 Å². The van der Waals surface area contributed by atoms with E-state index in [1.165, 1.54) is 0 Å². The van der Waals surface area contributed by atoms with Gasteiger partial charge in [-0.3, -0.25) is 4.79 Å². The molecule has 2 fully saturated rings. The number of benzene rings is 1. The number of rotatable bonds is 2. The molecule has 1 aliphatic heterocycles. The fourth-order valence-electron chi connectivity index (χ4n) is 3.83. The molecular weight excluding hydrogens is 302 g/mol. The number of fused-ring (bicyclic) bond motifs is 2. The summed E-state index contributed by atoms with van der Waals surface area (Å²) in [6, 6.07) is 7.92. The second kappa shape index (κ2) is 5.89. The standard InChI is InChI=1S/C16H19N3O2.ClH/c17-13-6-5-10-8-19(9-12(10)13)16(20)7-14-11-3-1-2-4-15(11)21-18-14;/h1-4,10,12-13H,5-9,17H2;1H. The largest absolute Gasteiger partial charge is 0.356 e. The van der Waals surface area contributed by atoms with Gasteiger partial charge in [0.05, 0.1) is 6.42 Å². The molecule has 22 heavy (non-hydrogen) atoms. The van der Waals surface area contributed by atoms with Gasteiger partial charge in [0, 0.05) is 24.5 Å². The SMILES string of the molecule is Cl.NC1CCC2CN(C(=O)Cc3noc4ccccc34)CC12. The van der Waals surface area contributed by atoms with Crippen LogP contribution in [0.2, 0.25) is 0 Å². The van der Waals surface area contributed by atoms with E-state index in [-0.39, 0.29) is 24.4 Å². The van der Waals surface area contributed by atoms with Crippen LogP contribution in [0.25, 0.3) is 11.0 Å². The van der Waals surface area contributed by atoms with Gasteiger partial charge < -0.3 is 15.2 Å². The van der Waals surface area contributed by atoms with Crippen molar-refractivity contribution in [2.24, 2.45) is 17.6 Å². The first-order chi connectivity index (χ1) is 10.2. The molecule has 4 rings (SSSR count). The lowest BCUT2D eigenvalue weighted by Gasteiger charge is -2.18. The van der Waals surface area contributed by atoms with Gasteiger partial charge in [-0.1, -0.05) is 17.3 Å². The Morgan fingerprint density at radius 3 is 2.95 bits per heavy atom. The van der Waals surface area contributed by atoms with Crippen molar-refractivity contribution < 1.29 is 9.32 Å². The predicted octanol–water partition coefficient (Wildman–Crippen LogP) is 1.99. The summed E-state index contributed by atoms with van der Waals surface area (Å²) in [7, 11) is 0. The van der Waals surface area contributed by atoms with Gasteiger partial charge in [0.2, 0.25) is 5.91 Å². The number of para-hydroxylation sites is 1. The number of amides is 1. The average Bonchev–Trinajstić information content (AvgIpc) is 3.16. The van der Waals surface area contributed by atoms with Crippen molar-refractivity contribution in [1.82, 2.24) is 10.1 Å². The molecule has 3 unspecified atom stereocenters. The third kappa shape index (κ3) is 2.48. The summed E-state index contributed by atoms with van der Waals surface area (Å²) in [5.74, 6) is 1.22. The lowest BCUT2D eigenvalue weighted by atomic mass is 9.98. The van der Waals surface area contributed by atoms with E-state index in [2.05, 4.69) is 5.16 Å². The van der Waals surface area contributed by atoms with Crippen LogP contribution in [0.5, 0.6) is 0 Å². The highest BCUT2D eigenvalue weighted by Crippen LogP contribution is 2.37. The van der Waals surface area contributed by atoms with Crippen LogP contribution in [0.1, 0.15) is 18.5 Å². The fourth-order valence-corrected chi connectivity index (χ4v) is 3.83. The molecule has 1 amide bonds. The Bertz CT molecular complexity index is 687. The molecule has 2 aliphatic rings. The zero-order valence-corrected chi connectivity index (χ0v) is 13.1. The number of carbonyl (C=O) groups is 1. The molecule has 1 saturated carbocycles. The van der Waals surface area contributed by atoms with E-state index in [9.17, 15) is 4.79 Å². The van der Waals surface area contributed by atoms with Crippen molar-refractivity contribution in [3.8, 4) is 0 Å². The van der Waals surface area contributed by atoms with Gasteiger partial charge in [-0.05, 0) is 36.8 Å². The number of hydrogen-bond donors (Lipinski definition) is 1. The lowest BCUT2D eigenvalue weighted by molar-refractivity contribution is -0.129. The van der Waals surface area contributed by atoms with Crippen LogP contribution in [0.3, 0.4) is 0 Å². The summed E-state index contributed by atoms with van der Waals surface area (Å²) < 4.78 is 5.26. The zero-order valence-electron chi connectivity index (χ0n) is 12.3. The van der Waals surface area contributed by atoms with E-state index in [4.69, 9.17) is 10.3 Å². The maximum Gasteiger partial charge on any atom is 0.228 e. The Hall–Kier alpha value is -1.59. The number of hydrogen-bond acceptors (Lipinski definition) is 4. The number of nitrogens with two attached hydrogens (primary N) is 1. The maximum absolute atomic E-state index is 12.5. The first-order valence-corrected chi connectivity index (χ1v) is 7.59. The van der Waals surface area contributed by atoms with Gasteiger partial charge in [0.1, 0.15) is 5.69 Å². The minimum Gasteiger partial charge on any atom is -0.356 e. The molecule has 6 heteroatoms. The number of halogens is 1. The molecule has 0 spiro atoms. The van der Waals surface area contributed by atoms with Crippen molar-refractivity contribution in [3.63, 3.8) is 0 Å². The van der Waals surface area contributed by atoms with Gasteiger partial charge in [0.25, 0.3) is 0 Å². The third-order valence-electron chi connectivity index (χ3n) is 5.04. The molecule has 3 atom stereocenters. The second-order valence-corrected chi connectivity index (χ2v) is 6.27. The Balaban J connectivity index is 0.00000144. The number of aromatic nitrogens is 1. The van der Waals surface area contributed by atoms with Gasteiger partial charge in [0.15, 0.2) is 5.58 Å². The van der Waals surface area contributed by atoms with Crippen LogP contribution < -0.4 is 5.73 Å². The topological polar surface area (TPSA) is 72.4 Å². The van der Waals surface area contributed by atoms with Gasteiger partial charge in [-0.25, -0.2) is 0 Å². The molecule has 0 radical (unpaired) electrons. The van der Waals surface area contributed by atoms with Crippen LogP contribution in [0, 0.1) is 11.8 Å². The molecule has 5 nitrogen and oxygen atoms in total. The van der Waals surface area contributed by atoms with Gasteiger partial charge in [-0.2, -0.15) is 0 Å². The van der Waals surface area contributed by atoms with Gasteiger partial charge >= 0.3 is 0 Å². The monoisotopic (exact) mass is 321 g/mol.